The summed E-state index contributed by atoms with van der Waals surface area (Å²) in [6.45, 7) is 1.82. The molecule has 0 saturated heterocycles. The van der Waals surface area contributed by atoms with E-state index in [1.54, 1.807) is 6.07 Å². The third-order valence-electron chi connectivity index (χ3n) is 4.50. The molecule has 0 aromatic heterocycles. The monoisotopic (exact) mass is 331 g/mol. The second-order valence-electron chi connectivity index (χ2n) is 5.92. The van der Waals surface area contributed by atoms with Gasteiger partial charge in [0.05, 0.1) is 7.11 Å². The summed E-state index contributed by atoms with van der Waals surface area (Å²) in [5.41, 5.74) is 3.00. The summed E-state index contributed by atoms with van der Waals surface area (Å²) in [5, 5.41) is 0.580. The third kappa shape index (κ3) is 2.83. The zero-order chi connectivity index (χ0) is 16.6. The molecule has 5 heteroatoms. The zero-order valence-electron chi connectivity index (χ0n) is 13.1. The normalized spacial score (nSPS) is 24.1. The Morgan fingerprint density at radius 3 is 2.83 bits per heavy atom. The highest BCUT2D eigenvalue weighted by Crippen LogP contribution is 2.43. The molecule has 0 amide bonds. The van der Waals surface area contributed by atoms with Crippen LogP contribution in [-0.4, -0.2) is 24.6 Å². The van der Waals surface area contributed by atoms with Gasteiger partial charge in [0.1, 0.15) is 5.92 Å². The second kappa shape index (κ2) is 6.28. The van der Waals surface area contributed by atoms with Crippen molar-refractivity contribution >= 4 is 29.1 Å². The van der Waals surface area contributed by atoms with Gasteiger partial charge in [-0.15, -0.1) is 0 Å². The van der Waals surface area contributed by atoms with E-state index in [2.05, 4.69) is 4.99 Å². The van der Waals surface area contributed by atoms with Gasteiger partial charge < -0.3 is 4.74 Å². The fourth-order valence-corrected chi connectivity index (χ4v) is 3.70. The van der Waals surface area contributed by atoms with E-state index < -0.39 is 5.92 Å². The standard InChI is InChI=1S/C18H18ClNO3/c1-10-15(18(22)23-2)16(11-5-3-6-12(19)9-11)17-13(20-10)7-4-8-14(17)21/h3,5-6,9,15-16H,4,7-8H2,1-2H3/t15?,16-/m1/s1. The van der Waals surface area contributed by atoms with Crippen LogP contribution in [0.5, 0.6) is 0 Å². The molecule has 0 spiro atoms. The molecule has 2 aliphatic rings. The number of ketones is 1. The summed E-state index contributed by atoms with van der Waals surface area (Å²) in [7, 11) is 1.36. The van der Waals surface area contributed by atoms with Crippen molar-refractivity contribution in [2.45, 2.75) is 32.1 Å². The largest absolute Gasteiger partial charge is 0.468 e. The highest BCUT2D eigenvalue weighted by atomic mass is 35.5. The van der Waals surface area contributed by atoms with Crippen LogP contribution >= 0.6 is 11.6 Å². The zero-order valence-corrected chi connectivity index (χ0v) is 13.9. The molecule has 0 saturated carbocycles. The number of nitrogens with zero attached hydrogens (tertiary/aromatic N) is 1. The number of rotatable bonds is 2. The number of halogens is 1. The first-order valence-corrected chi connectivity index (χ1v) is 8.05. The van der Waals surface area contributed by atoms with Crippen LogP contribution in [0.2, 0.25) is 5.02 Å². The Morgan fingerprint density at radius 1 is 1.35 bits per heavy atom. The minimum atomic E-state index is -0.584. The smallest absolute Gasteiger partial charge is 0.315 e. The van der Waals surface area contributed by atoms with Crippen molar-refractivity contribution in [2.75, 3.05) is 7.11 Å². The quantitative estimate of drug-likeness (QED) is 0.776. The molecule has 1 aromatic carbocycles. The molecule has 4 nitrogen and oxygen atoms in total. The van der Waals surface area contributed by atoms with Gasteiger partial charge in [-0.1, -0.05) is 23.7 Å². The van der Waals surface area contributed by atoms with E-state index in [9.17, 15) is 9.59 Å². The van der Waals surface area contributed by atoms with Crippen molar-refractivity contribution < 1.29 is 14.3 Å². The molecule has 0 fully saturated rings. The molecule has 120 valence electrons. The van der Waals surface area contributed by atoms with Gasteiger partial charge in [-0.05, 0) is 37.5 Å². The maximum atomic E-state index is 12.5. The first-order chi connectivity index (χ1) is 11.0. The highest BCUT2D eigenvalue weighted by molar-refractivity contribution is 6.30. The molecule has 0 N–H and O–H groups in total. The van der Waals surface area contributed by atoms with Crippen molar-refractivity contribution in [1.29, 1.82) is 0 Å². The number of Topliss-reactive ketones (excluding diaryl/α,β-unsaturated/α-hetero) is 1. The molecule has 1 aliphatic carbocycles. The van der Waals surface area contributed by atoms with Crippen LogP contribution in [-0.2, 0) is 14.3 Å². The predicted molar refractivity (Wildman–Crippen MR) is 88.7 cm³/mol. The maximum absolute atomic E-state index is 12.5. The lowest BCUT2D eigenvalue weighted by Gasteiger charge is -2.34. The predicted octanol–water partition coefficient (Wildman–Crippen LogP) is 3.69. The number of carbonyl (C=O) groups is 2. The van der Waals surface area contributed by atoms with Crippen LogP contribution in [0.25, 0.3) is 0 Å². The molecule has 0 bridgehead atoms. The first kappa shape index (κ1) is 15.9. The Hall–Kier alpha value is -1.94. The molecular formula is C18H18ClNO3. The highest BCUT2D eigenvalue weighted by Gasteiger charge is 2.42. The van der Waals surface area contributed by atoms with Crippen molar-refractivity contribution in [3.63, 3.8) is 0 Å². The molecule has 23 heavy (non-hydrogen) atoms. The topological polar surface area (TPSA) is 55.7 Å². The number of ether oxygens (including phenoxy) is 1. The number of allylic oxidation sites excluding steroid dienone is 2. The van der Waals surface area contributed by atoms with Crippen LogP contribution in [0.3, 0.4) is 0 Å². The maximum Gasteiger partial charge on any atom is 0.315 e. The molecule has 1 heterocycles. The van der Waals surface area contributed by atoms with Gasteiger partial charge >= 0.3 is 5.97 Å². The summed E-state index contributed by atoms with van der Waals surface area (Å²) in [5.74, 6) is -1.26. The molecule has 2 atom stereocenters. The second-order valence-corrected chi connectivity index (χ2v) is 6.36. The van der Waals surface area contributed by atoms with Crippen LogP contribution in [0.15, 0.2) is 40.5 Å². The van der Waals surface area contributed by atoms with Crippen LogP contribution < -0.4 is 0 Å². The van der Waals surface area contributed by atoms with Gasteiger partial charge in [0.15, 0.2) is 5.78 Å². The van der Waals surface area contributed by atoms with Crippen molar-refractivity contribution in [3.8, 4) is 0 Å². The average molecular weight is 332 g/mol. The first-order valence-electron chi connectivity index (χ1n) is 7.67. The lowest BCUT2D eigenvalue weighted by molar-refractivity contribution is -0.143. The van der Waals surface area contributed by atoms with Gasteiger partial charge in [-0.3, -0.25) is 14.6 Å². The van der Waals surface area contributed by atoms with E-state index in [4.69, 9.17) is 16.3 Å². The Bertz CT molecular complexity index is 736. The minimum Gasteiger partial charge on any atom is -0.468 e. The molecule has 1 aliphatic heterocycles. The number of aliphatic imine (C=N–C) groups is 1. The Morgan fingerprint density at radius 2 is 2.13 bits per heavy atom. The van der Waals surface area contributed by atoms with Gasteiger partial charge in [-0.2, -0.15) is 0 Å². The summed E-state index contributed by atoms with van der Waals surface area (Å²) in [6, 6.07) is 7.32. The van der Waals surface area contributed by atoms with E-state index in [1.807, 2.05) is 25.1 Å². The van der Waals surface area contributed by atoms with Crippen LogP contribution in [0, 0.1) is 5.92 Å². The van der Waals surface area contributed by atoms with E-state index in [0.29, 0.717) is 22.7 Å². The van der Waals surface area contributed by atoms with Gasteiger partial charge in [0.25, 0.3) is 0 Å². The third-order valence-corrected chi connectivity index (χ3v) is 4.73. The average Bonchev–Trinajstić information content (AvgIpc) is 2.53. The lowest BCUT2D eigenvalue weighted by Crippen LogP contribution is -2.36. The minimum absolute atomic E-state index is 0.0707. The molecule has 1 aromatic rings. The van der Waals surface area contributed by atoms with Gasteiger partial charge in [0, 0.05) is 34.3 Å². The Balaban J connectivity index is 2.19. The number of carbonyl (C=O) groups excluding carboxylic acids is 2. The van der Waals surface area contributed by atoms with Crippen LogP contribution in [0.4, 0.5) is 0 Å². The molecule has 3 rings (SSSR count). The molecule has 1 unspecified atom stereocenters. The van der Waals surface area contributed by atoms with Crippen molar-refractivity contribution in [3.05, 3.63) is 46.1 Å². The fourth-order valence-electron chi connectivity index (χ4n) is 3.50. The Labute approximate surface area is 140 Å². The van der Waals surface area contributed by atoms with E-state index in [0.717, 1.165) is 24.1 Å². The Kier molecular flexibility index (Phi) is 4.35. The van der Waals surface area contributed by atoms with E-state index in [1.165, 1.54) is 7.11 Å². The fraction of sp³-hybridized carbons (Fsp3) is 0.389. The van der Waals surface area contributed by atoms with Crippen LogP contribution in [0.1, 0.15) is 37.7 Å². The lowest BCUT2D eigenvalue weighted by atomic mass is 9.72. The number of methoxy groups -OCH3 is 1. The SMILES string of the molecule is COC(=O)C1C(C)=NC2=C(C(=O)CCC2)[C@@H]1c1cccc(Cl)c1. The number of benzene rings is 1. The molecule has 0 radical (unpaired) electrons. The van der Waals surface area contributed by atoms with Gasteiger partial charge in [0.2, 0.25) is 0 Å². The summed E-state index contributed by atoms with van der Waals surface area (Å²) >= 11 is 6.13. The van der Waals surface area contributed by atoms with Crippen molar-refractivity contribution in [1.82, 2.24) is 0 Å². The van der Waals surface area contributed by atoms with E-state index in [-0.39, 0.29) is 17.7 Å². The van der Waals surface area contributed by atoms with E-state index >= 15 is 0 Å². The van der Waals surface area contributed by atoms with Crippen molar-refractivity contribution in [2.24, 2.45) is 10.9 Å². The summed E-state index contributed by atoms with van der Waals surface area (Å²) in [4.78, 5) is 29.5. The summed E-state index contributed by atoms with van der Waals surface area (Å²) in [6.07, 6.45) is 2.07. The number of hydrogen-bond acceptors (Lipinski definition) is 4. The van der Waals surface area contributed by atoms with Gasteiger partial charge in [-0.25, -0.2) is 0 Å². The molecular weight excluding hydrogens is 314 g/mol. The summed E-state index contributed by atoms with van der Waals surface area (Å²) < 4.78 is 4.97. The number of esters is 1. The number of hydrogen-bond donors (Lipinski definition) is 0.